The standard InChI is InChI=1S/C8H10BNO2/c1-5-2-7-6(3-8(5)10)4-12-9(7)11/h2-3,11H,4,10H2,1H3. The summed E-state index contributed by atoms with van der Waals surface area (Å²) in [5.41, 5.74) is 9.28. The Labute approximate surface area is 71.3 Å². The van der Waals surface area contributed by atoms with Gasteiger partial charge < -0.3 is 15.4 Å². The fraction of sp³-hybridized carbons (Fsp3) is 0.250. The zero-order valence-electron chi connectivity index (χ0n) is 6.87. The average Bonchev–Trinajstić information content (AvgIpc) is 2.35. The molecule has 0 spiro atoms. The van der Waals surface area contributed by atoms with Gasteiger partial charge in [0, 0.05) is 5.69 Å². The smallest absolute Gasteiger partial charge is 0.423 e. The quantitative estimate of drug-likeness (QED) is 0.411. The molecule has 1 aromatic carbocycles. The van der Waals surface area contributed by atoms with E-state index < -0.39 is 7.12 Å². The normalized spacial score (nSPS) is 15.0. The number of rotatable bonds is 0. The van der Waals surface area contributed by atoms with Crippen LogP contribution in [0.25, 0.3) is 0 Å². The van der Waals surface area contributed by atoms with Crippen LogP contribution in [0, 0.1) is 6.92 Å². The molecule has 0 radical (unpaired) electrons. The summed E-state index contributed by atoms with van der Waals surface area (Å²) in [6, 6.07) is 3.74. The molecule has 3 N–H and O–H groups in total. The van der Waals surface area contributed by atoms with Gasteiger partial charge >= 0.3 is 7.12 Å². The molecule has 1 aromatic rings. The van der Waals surface area contributed by atoms with Gasteiger partial charge in [-0.25, -0.2) is 0 Å². The van der Waals surface area contributed by atoms with Gasteiger partial charge in [0.1, 0.15) is 0 Å². The Morgan fingerprint density at radius 3 is 3.08 bits per heavy atom. The summed E-state index contributed by atoms with van der Waals surface area (Å²) in [6.07, 6.45) is 0. The first-order valence-corrected chi connectivity index (χ1v) is 3.87. The summed E-state index contributed by atoms with van der Waals surface area (Å²) >= 11 is 0. The zero-order valence-corrected chi connectivity index (χ0v) is 6.87. The number of fused-ring (bicyclic) bond motifs is 1. The first kappa shape index (κ1) is 7.64. The molecule has 3 nitrogen and oxygen atoms in total. The van der Waals surface area contributed by atoms with Gasteiger partial charge in [-0.3, -0.25) is 0 Å². The molecular weight excluding hydrogens is 153 g/mol. The monoisotopic (exact) mass is 163 g/mol. The van der Waals surface area contributed by atoms with Crippen LogP contribution in [-0.2, 0) is 11.3 Å². The van der Waals surface area contributed by atoms with Crippen LogP contribution in [0.4, 0.5) is 5.69 Å². The molecule has 2 rings (SSSR count). The average molecular weight is 163 g/mol. The van der Waals surface area contributed by atoms with Crippen molar-refractivity contribution in [2.24, 2.45) is 0 Å². The fourth-order valence-electron chi connectivity index (χ4n) is 1.41. The molecule has 1 heterocycles. The molecule has 62 valence electrons. The second kappa shape index (κ2) is 2.50. The Balaban J connectivity index is 2.56. The second-order valence-electron chi connectivity index (χ2n) is 3.07. The number of nitrogen functional groups attached to an aromatic ring is 1. The van der Waals surface area contributed by atoms with Gasteiger partial charge in [-0.1, -0.05) is 6.07 Å². The van der Waals surface area contributed by atoms with Gasteiger partial charge in [0.25, 0.3) is 0 Å². The highest BCUT2D eigenvalue weighted by Gasteiger charge is 2.27. The van der Waals surface area contributed by atoms with E-state index in [4.69, 9.17) is 10.4 Å². The minimum Gasteiger partial charge on any atom is -0.423 e. The molecule has 0 atom stereocenters. The summed E-state index contributed by atoms with van der Waals surface area (Å²) < 4.78 is 5.03. The lowest BCUT2D eigenvalue weighted by atomic mass is 9.78. The van der Waals surface area contributed by atoms with Crippen molar-refractivity contribution in [2.45, 2.75) is 13.5 Å². The molecule has 0 saturated carbocycles. The molecule has 1 aliphatic rings. The number of anilines is 1. The highest BCUT2D eigenvalue weighted by Crippen LogP contribution is 2.16. The lowest BCUT2D eigenvalue weighted by Crippen LogP contribution is -2.28. The van der Waals surface area contributed by atoms with Crippen molar-refractivity contribution in [1.29, 1.82) is 0 Å². The largest absolute Gasteiger partial charge is 0.491 e. The van der Waals surface area contributed by atoms with E-state index in [1.54, 1.807) is 0 Å². The van der Waals surface area contributed by atoms with Crippen LogP contribution in [0.5, 0.6) is 0 Å². The van der Waals surface area contributed by atoms with Crippen LogP contribution in [0.15, 0.2) is 12.1 Å². The lowest BCUT2D eigenvalue weighted by molar-refractivity contribution is 0.275. The van der Waals surface area contributed by atoms with E-state index in [9.17, 15) is 5.02 Å². The van der Waals surface area contributed by atoms with Crippen molar-refractivity contribution >= 4 is 18.3 Å². The highest BCUT2D eigenvalue weighted by atomic mass is 16.5. The van der Waals surface area contributed by atoms with Crippen molar-refractivity contribution in [2.75, 3.05) is 5.73 Å². The topological polar surface area (TPSA) is 55.5 Å². The summed E-state index contributed by atoms with van der Waals surface area (Å²) in [7, 11) is -0.765. The minimum atomic E-state index is -0.765. The van der Waals surface area contributed by atoms with Crippen molar-refractivity contribution in [3.8, 4) is 0 Å². The Bertz CT molecular complexity index is 327. The van der Waals surface area contributed by atoms with Crippen molar-refractivity contribution in [1.82, 2.24) is 0 Å². The Morgan fingerprint density at radius 1 is 1.58 bits per heavy atom. The number of aryl methyl sites for hydroxylation is 1. The lowest BCUT2D eigenvalue weighted by Gasteiger charge is -2.03. The molecule has 0 saturated heterocycles. The predicted molar refractivity (Wildman–Crippen MR) is 48.0 cm³/mol. The number of hydrogen-bond acceptors (Lipinski definition) is 3. The third-order valence-corrected chi connectivity index (χ3v) is 2.19. The second-order valence-corrected chi connectivity index (χ2v) is 3.07. The SMILES string of the molecule is Cc1cc2c(cc1N)COB2O. The maximum absolute atomic E-state index is 9.33. The molecule has 4 heteroatoms. The van der Waals surface area contributed by atoms with E-state index in [1.165, 1.54) is 0 Å². The van der Waals surface area contributed by atoms with Gasteiger partial charge in [-0.15, -0.1) is 0 Å². The van der Waals surface area contributed by atoms with Crippen molar-refractivity contribution < 1.29 is 9.68 Å². The molecule has 0 unspecified atom stereocenters. The Kier molecular flexibility index (Phi) is 1.59. The van der Waals surface area contributed by atoms with Gasteiger partial charge in [0.05, 0.1) is 6.61 Å². The van der Waals surface area contributed by atoms with Crippen LogP contribution < -0.4 is 11.2 Å². The number of hydrogen-bond donors (Lipinski definition) is 2. The van der Waals surface area contributed by atoms with Crippen LogP contribution in [0.1, 0.15) is 11.1 Å². The molecule has 1 aliphatic heterocycles. The molecule has 12 heavy (non-hydrogen) atoms. The van der Waals surface area contributed by atoms with Crippen LogP contribution >= 0.6 is 0 Å². The van der Waals surface area contributed by atoms with E-state index >= 15 is 0 Å². The van der Waals surface area contributed by atoms with Crippen LogP contribution in [0.2, 0.25) is 0 Å². The van der Waals surface area contributed by atoms with Crippen LogP contribution in [-0.4, -0.2) is 12.1 Å². The summed E-state index contributed by atoms with van der Waals surface area (Å²) in [6.45, 7) is 2.38. The first-order chi connectivity index (χ1) is 5.68. The van der Waals surface area contributed by atoms with Crippen LogP contribution in [0.3, 0.4) is 0 Å². The van der Waals surface area contributed by atoms with Gasteiger partial charge in [-0.2, -0.15) is 0 Å². The van der Waals surface area contributed by atoms with E-state index in [0.717, 1.165) is 22.3 Å². The Morgan fingerprint density at radius 2 is 2.33 bits per heavy atom. The van der Waals surface area contributed by atoms with Gasteiger partial charge in [-0.05, 0) is 29.6 Å². The molecule has 0 amide bonds. The predicted octanol–water partition coefficient (Wildman–Crippen LogP) is -0.205. The third kappa shape index (κ3) is 1.00. The third-order valence-electron chi connectivity index (χ3n) is 2.19. The first-order valence-electron chi connectivity index (χ1n) is 3.87. The van der Waals surface area contributed by atoms with E-state index in [-0.39, 0.29) is 0 Å². The van der Waals surface area contributed by atoms with E-state index in [1.807, 2.05) is 19.1 Å². The van der Waals surface area contributed by atoms with E-state index in [2.05, 4.69) is 0 Å². The van der Waals surface area contributed by atoms with Gasteiger partial charge in [0.2, 0.25) is 0 Å². The number of nitrogens with two attached hydrogens (primary N) is 1. The highest BCUT2D eigenvalue weighted by molar-refractivity contribution is 6.61. The maximum Gasteiger partial charge on any atom is 0.491 e. The molecule has 0 fully saturated rings. The summed E-state index contributed by atoms with van der Waals surface area (Å²) in [4.78, 5) is 0. The molecule has 0 bridgehead atoms. The maximum atomic E-state index is 9.33. The summed E-state index contributed by atoms with van der Waals surface area (Å²) in [5, 5.41) is 9.33. The fourth-order valence-corrected chi connectivity index (χ4v) is 1.41. The number of benzene rings is 1. The minimum absolute atomic E-state index is 0.459. The van der Waals surface area contributed by atoms with E-state index in [0.29, 0.717) is 6.61 Å². The van der Waals surface area contributed by atoms with Crippen molar-refractivity contribution in [3.63, 3.8) is 0 Å². The van der Waals surface area contributed by atoms with Crippen molar-refractivity contribution in [3.05, 3.63) is 23.3 Å². The zero-order chi connectivity index (χ0) is 8.72. The van der Waals surface area contributed by atoms with Gasteiger partial charge in [0.15, 0.2) is 0 Å². The molecule has 0 aromatic heterocycles. The molecule has 0 aliphatic carbocycles. The molecular formula is C8H10BNO2. The summed E-state index contributed by atoms with van der Waals surface area (Å²) in [5.74, 6) is 0. The Hall–Kier alpha value is -0.995.